The largest absolute Gasteiger partial charge is 0.508 e. The summed E-state index contributed by atoms with van der Waals surface area (Å²) in [5, 5.41) is 28.3. The number of hydrogen-bond donors (Lipinski definition) is 2. The van der Waals surface area contributed by atoms with E-state index in [1.54, 1.807) is 35.3 Å². The maximum absolute atomic E-state index is 9.87. The maximum atomic E-state index is 9.87. The van der Waals surface area contributed by atoms with Gasteiger partial charge < -0.3 is 15.2 Å². The van der Waals surface area contributed by atoms with Gasteiger partial charge in [0, 0.05) is 15.9 Å². The highest BCUT2D eigenvalue weighted by Gasteiger charge is 2.09. The van der Waals surface area contributed by atoms with Crippen LogP contribution >= 0.6 is 15.9 Å². The first kappa shape index (κ1) is 14.6. The number of nitro groups is 1. The molecule has 0 saturated carbocycles. The van der Waals surface area contributed by atoms with Gasteiger partial charge in [0.2, 0.25) is 0 Å². The highest BCUT2D eigenvalue weighted by molar-refractivity contribution is 9.10. The number of rotatable bonds is 2. The Bertz CT molecular complexity index is 711. The van der Waals surface area contributed by atoms with Crippen molar-refractivity contribution < 1.29 is 10.0 Å². The van der Waals surface area contributed by atoms with E-state index in [-0.39, 0.29) is 16.4 Å². The molecule has 3 rings (SSSR count). The summed E-state index contributed by atoms with van der Waals surface area (Å²) in [5.41, 5.74) is 0.880. The Kier molecular flexibility index (Phi) is 4.56. The maximum Gasteiger partial charge on any atom is 0.454 e. The lowest BCUT2D eigenvalue weighted by Crippen LogP contribution is -1.92. The Morgan fingerprint density at radius 3 is 2.48 bits per heavy atom. The standard InChI is InChI=1S/C8H7N3O.C2HBrN4O2/c12-8-3-1-7(2-4-8)11-6-9-5-10-11;3-1-4-2(6-5-1)7(8)9/h1-6,12H;(H,4,5,6). The zero-order chi connectivity index (χ0) is 15.2. The van der Waals surface area contributed by atoms with Crippen molar-refractivity contribution >= 4 is 21.9 Å². The average molecular weight is 354 g/mol. The number of nitrogens with zero attached hydrogens (tertiary/aromatic N) is 6. The van der Waals surface area contributed by atoms with Gasteiger partial charge in [0.1, 0.15) is 18.4 Å². The minimum Gasteiger partial charge on any atom is -0.508 e. The lowest BCUT2D eigenvalue weighted by Gasteiger charge is -1.98. The van der Waals surface area contributed by atoms with Crippen LogP contribution in [0.3, 0.4) is 0 Å². The van der Waals surface area contributed by atoms with Crippen molar-refractivity contribution in [2.45, 2.75) is 0 Å². The van der Waals surface area contributed by atoms with E-state index in [9.17, 15) is 10.1 Å². The van der Waals surface area contributed by atoms with Gasteiger partial charge in [-0.2, -0.15) is 5.10 Å². The molecule has 0 aliphatic rings. The highest BCUT2D eigenvalue weighted by Crippen LogP contribution is 2.11. The third-order valence-electron chi connectivity index (χ3n) is 2.15. The van der Waals surface area contributed by atoms with Gasteiger partial charge in [0.05, 0.1) is 5.69 Å². The van der Waals surface area contributed by atoms with Gasteiger partial charge in [-0.25, -0.2) is 9.67 Å². The van der Waals surface area contributed by atoms with Crippen molar-refractivity contribution in [1.82, 2.24) is 29.9 Å². The monoisotopic (exact) mass is 353 g/mol. The summed E-state index contributed by atoms with van der Waals surface area (Å²) in [4.78, 5) is 16.4. The molecule has 0 amide bonds. The minimum absolute atomic E-state index is 0.189. The molecule has 3 aromatic rings. The summed E-state index contributed by atoms with van der Waals surface area (Å²) in [6, 6.07) is 6.75. The molecule has 2 N–H and O–H groups in total. The first-order valence-corrected chi connectivity index (χ1v) is 6.22. The summed E-state index contributed by atoms with van der Waals surface area (Å²) in [6.07, 6.45) is 3.07. The Labute approximate surface area is 125 Å². The van der Waals surface area contributed by atoms with E-state index in [0.717, 1.165) is 5.69 Å². The number of aromatic amines is 1. The summed E-state index contributed by atoms with van der Waals surface area (Å²) >= 11 is 2.84. The molecule has 0 saturated heterocycles. The van der Waals surface area contributed by atoms with E-state index < -0.39 is 4.92 Å². The topological polar surface area (TPSA) is 136 Å². The summed E-state index contributed by atoms with van der Waals surface area (Å²) in [7, 11) is 0. The van der Waals surface area contributed by atoms with Crippen molar-refractivity contribution in [2.24, 2.45) is 0 Å². The quantitative estimate of drug-likeness (QED) is 0.525. The molecular formula is C10H8BrN7O3. The average Bonchev–Trinajstić information content (AvgIpc) is 3.11. The van der Waals surface area contributed by atoms with Gasteiger partial charge in [0.25, 0.3) is 0 Å². The van der Waals surface area contributed by atoms with Crippen molar-refractivity contribution in [3.8, 4) is 11.4 Å². The molecule has 21 heavy (non-hydrogen) atoms. The number of phenolic OH excluding ortho intramolecular Hbond substituents is 1. The van der Waals surface area contributed by atoms with Crippen LogP contribution in [0.15, 0.2) is 41.7 Å². The van der Waals surface area contributed by atoms with E-state index in [0.29, 0.717) is 0 Å². The second kappa shape index (κ2) is 6.56. The normalized spacial score (nSPS) is 9.76. The minimum atomic E-state index is -0.655. The van der Waals surface area contributed by atoms with Crippen LogP contribution in [0.25, 0.3) is 5.69 Å². The fraction of sp³-hybridized carbons (Fsp3) is 0. The Hall–Kier alpha value is -2.82. The number of aromatic nitrogens is 6. The van der Waals surface area contributed by atoms with E-state index >= 15 is 0 Å². The fourth-order valence-corrected chi connectivity index (χ4v) is 1.52. The number of benzene rings is 1. The molecular weight excluding hydrogens is 346 g/mol. The van der Waals surface area contributed by atoms with Crippen molar-refractivity contribution in [2.75, 3.05) is 0 Å². The fourth-order valence-electron chi connectivity index (χ4n) is 1.26. The zero-order valence-electron chi connectivity index (χ0n) is 10.3. The first-order chi connectivity index (χ1) is 10.1. The molecule has 0 bridgehead atoms. The number of halogens is 1. The molecule has 11 heteroatoms. The molecule has 2 heterocycles. The third-order valence-corrected chi connectivity index (χ3v) is 2.51. The van der Waals surface area contributed by atoms with Crippen LogP contribution in [0.1, 0.15) is 0 Å². The molecule has 10 nitrogen and oxygen atoms in total. The second-order valence-electron chi connectivity index (χ2n) is 3.54. The molecule has 0 atom stereocenters. The van der Waals surface area contributed by atoms with Gasteiger partial charge in [-0.1, -0.05) is 5.10 Å². The number of aromatic hydroxyl groups is 1. The molecule has 0 unspecified atom stereocenters. The molecule has 0 fully saturated rings. The van der Waals surface area contributed by atoms with E-state index in [2.05, 4.69) is 41.2 Å². The molecule has 0 aliphatic carbocycles. The highest BCUT2D eigenvalue weighted by atomic mass is 79.9. The number of phenols is 1. The van der Waals surface area contributed by atoms with Gasteiger partial charge in [0.15, 0.2) is 0 Å². The molecule has 1 aromatic carbocycles. The first-order valence-electron chi connectivity index (χ1n) is 5.42. The van der Waals surface area contributed by atoms with Gasteiger partial charge in [-0.15, -0.1) is 5.10 Å². The zero-order valence-corrected chi connectivity index (χ0v) is 11.9. The summed E-state index contributed by atoms with van der Waals surface area (Å²) in [5.74, 6) is -0.110. The van der Waals surface area contributed by atoms with Crippen LogP contribution in [0.5, 0.6) is 5.75 Å². The van der Waals surface area contributed by atoms with Crippen LogP contribution in [0.4, 0.5) is 5.95 Å². The van der Waals surface area contributed by atoms with Gasteiger partial charge >= 0.3 is 10.7 Å². The van der Waals surface area contributed by atoms with E-state index in [4.69, 9.17) is 5.11 Å². The van der Waals surface area contributed by atoms with Crippen LogP contribution in [-0.2, 0) is 0 Å². The molecule has 108 valence electrons. The van der Waals surface area contributed by atoms with Crippen LogP contribution < -0.4 is 0 Å². The molecule has 0 radical (unpaired) electrons. The predicted octanol–water partition coefficient (Wildman–Crippen LogP) is 1.45. The SMILES string of the molecule is O=[N+]([O-])c1nc(Br)n[nH]1.Oc1ccc(-n2cncn2)cc1. The Balaban J connectivity index is 0.000000161. The smallest absolute Gasteiger partial charge is 0.454 e. The van der Waals surface area contributed by atoms with E-state index in [1.807, 2.05) is 0 Å². The van der Waals surface area contributed by atoms with Crippen molar-refractivity contribution in [3.63, 3.8) is 0 Å². The number of nitrogens with one attached hydrogen (secondary N) is 1. The lowest BCUT2D eigenvalue weighted by molar-refractivity contribution is -0.394. The predicted molar refractivity (Wildman–Crippen MR) is 73.8 cm³/mol. The van der Waals surface area contributed by atoms with Crippen LogP contribution in [0.2, 0.25) is 0 Å². The Morgan fingerprint density at radius 2 is 2.05 bits per heavy atom. The van der Waals surface area contributed by atoms with Gasteiger partial charge in [-0.05, 0) is 34.2 Å². The van der Waals surface area contributed by atoms with Crippen LogP contribution in [-0.4, -0.2) is 40.0 Å². The summed E-state index contributed by atoms with van der Waals surface area (Å²) in [6.45, 7) is 0. The van der Waals surface area contributed by atoms with Gasteiger partial charge in [-0.3, -0.25) is 0 Å². The molecule has 0 aliphatic heterocycles. The Morgan fingerprint density at radius 1 is 1.33 bits per heavy atom. The molecule has 2 aromatic heterocycles. The second-order valence-corrected chi connectivity index (χ2v) is 4.25. The van der Waals surface area contributed by atoms with Crippen molar-refractivity contribution in [1.29, 1.82) is 0 Å². The summed E-state index contributed by atoms with van der Waals surface area (Å²) < 4.78 is 1.81. The lowest BCUT2D eigenvalue weighted by atomic mass is 10.3. The van der Waals surface area contributed by atoms with E-state index in [1.165, 1.54) is 6.33 Å². The van der Waals surface area contributed by atoms with Crippen molar-refractivity contribution in [3.05, 3.63) is 51.8 Å². The molecule has 0 spiro atoms. The third kappa shape index (κ3) is 4.07. The number of hydrogen-bond acceptors (Lipinski definition) is 7. The van der Waals surface area contributed by atoms with Crippen LogP contribution in [0, 0.1) is 10.1 Å². The number of H-pyrrole nitrogens is 1.